The van der Waals surface area contributed by atoms with Crippen molar-refractivity contribution in [3.8, 4) is 0 Å². The number of anilines is 1. The van der Waals surface area contributed by atoms with Crippen LogP contribution in [-0.2, 0) is 6.42 Å². The van der Waals surface area contributed by atoms with E-state index in [2.05, 4.69) is 30.4 Å². The zero-order valence-electron chi connectivity index (χ0n) is 9.83. The van der Waals surface area contributed by atoms with Crippen LogP contribution in [0, 0.1) is 0 Å². The number of aryl methyl sites for hydroxylation is 1. The maximum atomic E-state index is 5.56. The maximum Gasteiger partial charge on any atom is 0.0513 e. The molecule has 2 nitrogen and oxygen atoms in total. The van der Waals surface area contributed by atoms with E-state index >= 15 is 0 Å². The molecule has 1 aliphatic heterocycles. The molecule has 88 valence electrons. The second-order valence-corrected chi connectivity index (χ2v) is 5.29. The number of nitrogens with two attached hydrogens (primary N) is 1. The Labute approximate surface area is 102 Å². The van der Waals surface area contributed by atoms with E-state index in [0.717, 1.165) is 19.4 Å². The first-order valence-electron chi connectivity index (χ1n) is 6.06. The Morgan fingerprint density at radius 1 is 1.50 bits per heavy atom. The summed E-state index contributed by atoms with van der Waals surface area (Å²) in [6.07, 6.45) is 3.39. The fourth-order valence-electron chi connectivity index (χ4n) is 2.11. The van der Waals surface area contributed by atoms with Gasteiger partial charge in [0.1, 0.15) is 0 Å². The highest BCUT2D eigenvalue weighted by Gasteiger charge is 2.19. The predicted octanol–water partition coefficient (Wildman–Crippen LogP) is 2.87. The summed E-state index contributed by atoms with van der Waals surface area (Å²) in [5.74, 6) is 1.17. The molecule has 0 radical (unpaired) electrons. The van der Waals surface area contributed by atoms with Crippen molar-refractivity contribution < 1.29 is 0 Å². The quantitative estimate of drug-likeness (QED) is 0.844. The van der Waals surface area contributed by atoms with Gasteiger partial charge in [-0.2, -0.15) is 0 Å². The van der Waals surface area contributed by atoms with Crippen molar-refractivity contribution in [3.05, 3.63) is 23.8 Å². The van der Waals surface area contributed by atoms with E-state index in [0.29, 0.717) is 6.04 Å². The Morgan fingerprint density at radius 3 is 3.12 bits per heavy atom. The highest BCUT2D eigenvalue weighted by Crippen LogP contribution is 2.36. The summed E-state index contributed by atoms with van der Waals surface area (Å²) in [5, 5.41) is 3.67. The van der Waals surface area contributed by atoms with Gasteiger partial charge in [-0.05, 0) is 37.4 Å². The first-order valence-corrected chi connectivity index (χ1v) is 7.05. The number of rotatable bonds is 4. The average Bonchev–Trinajstić information content (AvgIpc) is 2.35. The van der Waals surface area contributed by atoms with Crippen molar-refractivity contribution in [3.63, 3.8) is 0 Å². The van der Waals surface area contributed by atoms with Crippen LogP contribution in [0.15, 0.2) is 23.1 Å². The van der Waals surface area contributed by atoms with E-state index in [-0.39, 0.29) is 0 Å². The number of thioether (sulfide) groups is 1. The number of hydrogen-bond donors (Lipinski definition) is 2. The molecule has 16 heavy (non-hydrogen) atoms. The van der Waals surface area contributed by atoms with Gasteiger partial charge in [0, 0.05) is 16.7 Å². The number of benzene rings is 1. The number of hydrogen-bond acceptors (Lipinski definition) is 3. The largest absolute Gasteiger partial charge is 0.380 e. The van der Waals surface area contributed by atoms with Crippen LogP contribution in [0.1, 0.15) is 25.3 Å². The lowest BCUT2D eigenvalue weighted by Crippen LogP contribution is -2.27. The molecule has 3 heteroatoms. The Balaban J connectivity index is 2.11. The zero-order valence-corrected chi connectivity index (χ0v) is 10.6. The summed E-state index contributed by atoms with van der Waals surface area (Å²) in [5.41, 5.74) is 8.36. The molecule has 0 aliphatic carbocycles. The van der Waals surface area contributed by atoms with Gasteiger partial charge in [0.05, 0.1) is 5.69 Å². The molecular weight excluding hydrogens is 216 g/mol. The fraction of sp³-hybridized carbons (Fsp3) is 0.538. The van der Waals surface area contributed by atoms with E-state index in [9.17, 15) is 0 Å². The standard InChI is InChI=1S/C13H20N2S/c1-2-10-5-3-7-12-13(10)15-11(9-16-12)6-4-8-14/h3,5,7,11,15H,2,4,6,8-9,14H2,1H3. The van der Waals surface area contributed by atoms with Crippen LogP contribution in [0.5, 0.6) is 0 Å². The van der Waals surface area contributed by atoms with Gasteiger partial charge in [-0.3, -0.25) is 0 Å². The molecule has 1 aliphatic rings. The Hall–Kier alpha value is -0.670. The molecule has 0 saturated carbocycles. The number of fused-ring (bicyclic) bond motifs is 1. The minimum atomic E-state index is 0.591. The Kier molecular flexibility index (Phi) is 4.13. The maximum absolute atomic E-state index is 5.56. The lowest BCUT2D eigenvalue weighted by Gasteiger charge is -2.28. The lowest BCUT2D eigenvalue weighted by atomic mass is 10.1. The van der Waals surface area contributed by atoms with Crippen LogP contribution in [0.25, 0.3) is 0 Å². The van der Waals surface area contributed by atoms with E-state index in [4.69, 9.17) is 5.73 Å². The molecule has 1 heterocycles. The van der Waals surface area contributed by atoms with Crippen molar-refractivity contribution in [1.29, 1.82) is 0 Å². The topological polar surface area (TPSA) is 38.0 Å². The molecule has 2 rings (SSSR count). The first kappa shape index (κ1) is 11.8. The van der Waals surface area contributed by atoms with Crippen molar-refractivity contribution in [2.45, 2.75) is 37.1 Å². The van der Waals surface area contributed by atoms with Gasteiger partial charge in [0.15, 0.2) is 0 Å². The Bertz CT molecular complexity index is 338. The van der Waals surface area contributed by atoms with Gasteiger partial charge in [-0.25, -0.2) is 0 Å². The summed E-state index contributed by atoms with van der Waals surface area (Å²) in [4.78, 5) is 1.41. The second kappa shape index (κ2) is 5.60. The zero-order chi connectivity index (χ0) is 11.4. The average molecular weight is 236 g/mol. The van der Waals surface area contributed by atoms with Gasteiger partial charge in [-0.15, -0.1) is 11.8 Å². The molecule has 0 aromatic heterocycles. The third kappa shape index (κ3) is 2.53. The predicted molar refractivity (Wildman–Crippen MR) is 72.2 cm³/mol. The molecule has 3 N–H and O–H groups in total. The highest BCUT2D eigenvalue weighted by atomic mass is 32.2. The van der Waals surface area contributed by atoms with Crippen LogP contribution in [0.3, 0.4) is 0 Å². The second-order valence-electron chi connectivity index (χ2n) is 4.23. The summed E-state index contributed by atoms with van der Waals surface area (Å²) in [7, 11) is 0. The molecule has 0 saturated heterocycles. The smallest absolute Gasteiger partial charge is 0.0513 e. The molecule has 1 aromatic carbocycles. The third-order valence-electron chi connectivity index (χ3n) is 3.04. The third-order valence-corrected chi connectivity index (χ3v) is 4.26. The summed E-state index contributed by atoms with van der Waals surface area (Å²) in [6.45, 7) is 3.01. The Morgan fingerprint density at radius 2 is 2.38 bits per heavy atom. The van der Waals surface area contributed by atoms with Gasteiger partial charge in [-0.1, -0.05) is 19.1 Å². The SMILES string of the molecule is CCc1cccc2c1NC(CCCN)CS2. The van der Waals surface area contributed by atoms with E-state index < -0.39 is 0 Å². The van der Waals surface area contributed by atoms with Crippen molar-refractivity contribution in [2.24, 2.45) is 5.73 Å². The van der Waals surface area contributed by atoms with Crippen molar-refractivity contribution in [1.82, 2.24) is 0 Å². The van der Waals surface area contributed by atoms with Crippen molar-refractivity contribution >= 4 is 17.4 Å². The molecule has 1 atom stereocenters. The van der Waals surface area contributed by atoms with Crippen LogP contribution < -0.4 is 11.1 Å². The minimum absolute atomic E-state index is 0.591. The fourth-order valence-corrected chi connectivity index (χ4v) is 3.25. The monoisotopic (exact) mass is 236 g/mol. The summed E-state index contributed by atoms with van der Waals surface area (Å²) >= 11 is 1.97. The molecule has 0 amide bonds. The minimum Gasteiger partial charge on any atom is -0.380 e. The van der Waals surface area contributed by atoms with E-state index in [1.165, 1.54) is 28.3 Å². The van der Waals surface area contributed by atoms with Crippen LogP contribution >= 0.6 is 11.8 Å². The van der Waals surface area contributed by atoms with Gasteiger partial charge < -0.3 is 11.1 Å². The molecule has 0 spiro atoms. The van der Waals surface area contributed by atoms with Gasteiger partial charge in [0.25, 0.3) is 0 Å². The number of para-hydroxylation sites is 1. The van der Waals surface area contributed by atoms with Gasteiger partial charge in [0.2, 0.25) is 0 Å². The molecule has 0 fully saturated rings. The number of nitrogens with one attached hydrogen (secondary N) is 1. The van der Waals surface area contributed by atoms with Crippen LogP contribution in [0.2, 0.25) is 0 Å². The van der Waals surface area contributed by atoms with E-state index in [1.54, 1.807) is 0 Å². The normalized spacial score (nSPS) is 19.0. The van der Waals surface area contributed by atoms with Gasteiger partial charge >= 0.3 is 0 Å². The molecular formula is C13H20N2S. The molecule has 1 unspecified atom stereocenters. The summed E-state index contributed by atoms with van der Waals surface area (Å²) in [6, 6.07) is 7.18. The van der Waals surface area contributed by atoms with Crippen LogP contribution in [0.4, 0.5) is 5.69 Å². The van der Waals surface area contributed by atoms with E-state index in [1.807, 2.05) is 11.8 Å². The van der Waals surface area contributed by atoms with Crippen molar-refractivity contribution in [2.75, 3.05) is 17.6 Å². The van der Waals surface area contributed by atoms with Crippen LogP contribution in [-0.4, -0.2) is 18.3 Å². The first-order chi connectivity index (χ1) is 7.85. The highest BCUT2D eigenvalue weighted by molar-refractivity contribution is 7.99. The lowest BCUT2D eigenvalue weighted by molar-refractivity contribution is 0.663. The molecule has 0 bridgehead atoms. The molecule has 1 aromatic rings. The summed E-state index contributed by atoms with van der Waals surface area (Å²) < 4.78 is 0.